The summed E-state index contributed by atoms with van der Waals surface area (Å²) < 4.78 is 3.59. The van der Waals surface area contributed by atoms with E-state index in [1.165, 1.54) is 0 Å². The second-order valence-electron chi connectivity index (χ2n) is 6.10. The van der Waals surface area contributed by atoms with Gasteiger partial charge in [-0.25, -0.2) is 0 Å². The first kappa shape index (κ1) is 12.5. The van der Waals surface area contributed by atoms with Crippen molar-refractivity contribution in [3.63, 3.8) is 0 Å². The molecule has 0 heterocycles. The summed E-state index contributed by atoms with van der Waals surface area (Å²) in [6.07, 6.45) is 0. The average molecular weight is 232 g/mol. The zero-order valence-electron chi connectivity index (χ0n) is 10.0. The van der Waals surface area contributed by atoms with Crippen LogP contribution in [0.5, 0.6) is 0 Å². The fourth-order valence-electron chi connectivity index (χ4n) is 2.85. The van der Waals surface area contributed by atoms with Gasteiger partial charge in [-0.2, -0.15) is 0 Å². The van der Waals surface area contributed by atoms with Crippen LogP contribution in [-0.2, 0) is 0 Å². The quantitative estimate of drug-likeness (QED) is 0.628. The SMILES string of the molecule is C[N](C)[GeH]([C](C)(C)C)[C](C)(C)C. The van der Waals surface area contributed by atoms with Gasteiger partial charge in [0.05, 0.1) is 0 Å². The Morgan fingerprint density at radius 3 is 1.00 bits per heavy atom. The van der Waals surface area contributed by atoms with Crippen molar-refractivity contribution in [3.8, 4) is 0 Å². The minimum absolute atomic E-state index is 0.536. The first-order valence-electron chi connectivity index (χ1n) is 4.73. The van der Waals surface area contributed by atoms with Crippen molar-refractivity contribution < 1.29 is 0 Å². The van der Waals surface area contributed by atoms with Crippen molar-refractivity contribution in [2.24, 2.45) is 0 Å². The number of hydrogen-bond donors (Lipinski definition) is 0. The van der Waals surface area contributed by atoms with Crippen LogP contribution in [0.25, 0.3) is 0 Å². The van der Waals surface area contributed by atoms with E-state index in [0.29, 0.717) is 8.49 Å². The molecule has 0 bridgehead atoms. The molecule has 0 unspecified atom stereocenters. The standard InChI is InChI=1S/C10H25GeN/c1-9(2,3)11(12(7)8)10(4,5)6/h11H,1-8H3. The molecule has 0 aromatic carbocycles. The fraction of sp³-hybridized carbons (Fsp3) is 1.00. The van der Waals surface area contributed by atoms with Gasteiger partial charge in [0, 0.05) is 0 Å². The molecule has 0 spiro atoms. The monoisotopic (exact) mass is 233 g/mol. The van der Waals surface area contributed by atoms with E-state index in [1.807, 2.05) is 0 Å². The molecule has 0 aliphatic carbocycles. The van der Waals surface area contributed by atoms with Gasteiger partial charge in [-0.3, -0.25) is 0 Å². The van der Waals surface area contributed by atoms with E-state index < -0.39 is 14.6 Å². The predicted molar refractivity (Wildman–Crippen MR) is 60.3 cm³/mol. The Morgan fingerprint density at radius 2 is 1.00 bits per heavy atom. The molecular weight excluding hydrogens is 207 g/mol. The van der Waals surface area contributed by atoms with Gasteiger partial charge in [-0.15, -0.1) is 0 Å². The number of hydrogen-bond acceptors (Lipinski definition) is 1. The van der Waals surface area contributed by atoms with Gasteiger partial charge in [-0.1, -0.05) is 0 Å². The maximum absolute atomic E-state index is 2.52. The number of nitrogens with zero attached hydrogens (tertiary/aromatic N) is 1. The first-order chi connectivity index (χ1) is 5.07. The normalized spacial score (nSPS) is 14.5. The maximum atomic E-state index is 2.52. The van der Waals surface area contributed by atoms with Gasteiger partial charge in [-0.05, 0) is 0 Å². The Labute approximate surface area is 82.9 Å². The van der Waals surface area contributed by atoms with E-state index in [4.69, 9.17) is 0 Å². The summed E-state index contributed by atoms with van der Waals surface area (Å²) in [6, 6.07) is 0. The first-order valence-corrected chi connectivity index (χ1v) is 8.24. The Morgan fingerprint density at radius 1 is 0.750 bits per heavy atom. The molecule has 0 fully saturated rings. The second-order valence-corrected chi connectivity index (χ2v) is 17.2. The van der Waals surface area contributed by atoms with E-state index >= 15 is 0 Å². The zero-order valence-corrected chi connectivity index (χ0v) is 12.4. The molecule has 0 saturated carbocycles. The van der Waals surface area contributed by atoms with Crippen LogP contribution in [0.2, 0.25) is 8.49 Å². The minimum atomic E-state index is -1.36. The summed E-state index contributed by atoms with van der Waals surface area (Å²) >= 11 is -1.36. The molecule has 0 aliphatic heterocycles. The molecule has 0 aromatic rings. The molecule has 0 rings (SSSR count). The van der Waals surface area contributed by atoms with Gasteiger partial charge in [0.15, 0.2) is 0 Å². The summed E-state index contributed by atoms with van der Waals surface area (Å²) in [6.45, 7) is 14.4. The van der Waals surface area contributed by atoms with Crippen LogP contribution >= 0.6 is 0 Å². The van der Waals surface area contributed by atoms with E-state index in [0.717, 1.165) is 0 Å². The zero-order chi connectivity index (χ0) is 10.2. The predicted octanol–water partition coefficient (Wildman–Crippen LogP) is 2.87. The van der Waals surface area contributed by atoms with Gasteiger partial charge < -0.3 is 0 Å². The van der Waals surface area contributed by atoms with Gasteiger partial charge in [0.25, 0.3) is 0 Å². The van der Waals surface area contributed by atoms with Crippen molar-refractivity contribution in [2.75, 3.05) is 14.1 Å². The summed E-state index contributed by atoms with van der Waals surface area (Å²) in [5.74, 6) is 0. The van der Waals surface area contributed by atoms with Crippen LogP contribution in [0.4, 0.5) is 0 Å². The second kappa shape index (κ2) is 3.71. The molecule has 1 nitrogen and oxygen atoms in total. The van der Waals surface area contributed by atoms with E-state index in [-0.39, 0.29) is 0 Å². The summed E-state index contributed by atoms with van der Waals surface area (Å²) in [5.41, 5.74) is 0. The third-order valence-electron chi connectivity index (χ3n) is 2.16. The molecule has 2 heteroatoms. The summed E-state index contributed by atoms with van der Waals surface area (Å²) in [4.78, 5) is 0. The van der Waals surface area contributed by atoms with Crippen LogP contribution in [-0.4, -0.2) is 32.5 Å². The van der Waals surface area contributed by atoms with Crippen molar-refractivity contribution in [1.29, 1.82) is 0 Å². The Bertz CT molecular complexity index is 125. The van der Waals surface area contributed by atoms with Crippen LogP contribution in [0.1, 0.15) is 41.5 Å². The molecule has 0 saturated heterocycles. The van der Waals surface area contributed by atoms with Crippen LogP contribution in [0.15, 0.2) is 0 Å². The van der Waals surface area contributed by atoms with Gasteiger partial charge in [0.1, 0.15) is 0 Å². The summed E-state index contributed by atoms with van der Waals surface area (Å²) in [7, 11) is 4.50. The van der Waals surface area contributed by atoms with Crippen molar-refractivity contribution in [2.45, 2.75) is 50.0 Å². The molecule has 0 amide bonds. The van der Waals surface area contributed by atoms with Crippen LogP contribution < -0.4 is 0 Å². The summed E-state index contributed by atoms with van der Waals surface area (Å²) in [5, 5.41) is 0. The molecule has 0 N–H and O–H groups in total. The van der Waals surface area contributed by atoms with E-state index in [2.05, 4.69) is 59.5 Å². The number of rotatable bonds is 1. The Hall–Kier alpha value is 0.503. The van der Waals surface area contributed by atoms with Crippen molar-refractivity contribution in [1.82, 2.24) is 3.86 Å². The Kier molecular flexibility index (Phi) is 3.86. The van der Waals surface area contributed by atoms with E-state index in [1.54, 1.807) is 0 Å². The van der Waals surface area contributed by atoms with Crippen molar-refractivity contribution >= 4 is 14.6 Å². The molecule has 0 atom stereocenters. The van der Waals surface area contributed by atoms with Gasteiger partial charge in [0.2, 0.25) is 0 Å². The molecule has 0 aromatic heterocycles. The van der Waals surface area contributed by atoms with Crippen LogP contribution in [0, 0.1) is 0 Å². The van der Waals surface area contributed by atoms with Crippen LogP contribution in [0.3, 0.4) is 0 Å². The van der Waals surface area contributed by atoms with Crippen molar-refractivity contribution in [3.05, 3.63) is 0 Å². The third kappa shape index (κ3) is 3.48. The van der Waals surface area contributed by atoms with Gasteiger partial charge >= 0.3 is 82.6 Å². The Balaban J connectivity index is 4.70. The fourth-order valence-corrected chi connectivity index (χ4v) is 14.8. The van der Waals surface area contributed by atoms with E-state index in [9.17, 15) is 0 Å². The molecule has 0 aliphatic rings. The topological polar surface area (TPSA) is 3.24 Å². The molecular formula is C10H25GeN. The third-order valence-corrected chi connectivity index (χ3v) is 11.2. The molecule has 12 heavy (non-hydrogen) atoms. The average Bonchev–Trinajstić information content (AvgIpc) is 1.49. The molecule has 0 radical (unpaired) electrons. The molecule has 74 valence electrons.